The second kappa shape index (κ2) is 8.68. The number of furan rings is 1. The van der Waals surface area contributed by atoms with Gasteiger partial charge in [0.1, 0.15) is 5.75 Å². The van der Waals surface area contributed by atoms with Gasteiger partial charge in [-0.05, 0) is 55.0 Å². The molecule has 0 aliphatic rings. The molecule has 0 aliphatic heterocycles. The zero-order valence-corrected chi connectivity index (χ0v) is 15.4. The zero-order chi connectivity index (χ0) is 19.9. The van der Waals surface area contributed by atoms with Crippen molar-refractivity contribution in [2.75, 3.05) is 12.4 Å². The molecular formula is C21H19N3O4. The van der Waals surface area contributed by atoms with E-state index in [9.17, 15) is 9.59 Å². The quantitative estimate of drug-likeness (QED) is 0.506. The number of carbonyl (C=O) groups is 2. The Labute approximate surface area is 162 Å². The van der Waals surface area contributed by atoms with Crippen LogP contribution in [0.15, 0.2) is 76.4 Å². The molecule has 3 aromatic rings. The maximum Gasteiger partial charge on any atom is 0.291 e. The van der Waals surface area contributed by atoms with Gasteiger partial charge in [0, 0.05) is 11.3 Å². The van der Waals surface area contributed by atoms with Crippen molar-refractivity contribution in [1.29, 1.82) is 0 Å². The van der Waals surface area contributed by atoms with Crippen LogP contribution in [0.1, 0.15) is 33.4 Å². The van der Waals surface area contributed by atoms with Crippen LogP contribution in [0, 0.1) is 0 Å². The topological polar surface area (TPSA) is 92.9 Å². The van der Waals surface area contributed by atoms with E-state index in [0.29, 0.717) is 22.7 Å². The molecule has 2 amide bonds. The van der Waals surface area contributed by atoms with E-state index in [1.165, 1.54) is 6.26 Å². The minimum atomic E-state index is -0.333. The fraction of sp³-hybridized carbons (Fsp3) is 0.0952. The third-order valence-electron chi connectivity index (χ3n) is 3.96. The summed E-state index contributed by atoms with van der Waals surface area (Å²) >= 11 is 0. The molecular weight excluding hydrogens is 358 g/mol. The summed E-state index contributed by atoms with van der Waals surface area (Å²) in [5.74, 6) is 0.178. The zero-order valence-electron chi connectivity index (χ0n) is 15.4. The number of amides is 2. The van der Waals surface area contributed by atoms with Gasteiger partial charge in [-0.3, -0.25) is 9.59 Å². The lowest BCUT2D eigenvalue weighted by Crippen LogP contribution is -2.19. The summed E-state index contributed by atoms with van der Waals surface area (Å²) in [5.41, 5.74) is 5.03. The van der Waals surface area contributed by atoms with E-state index < -0.39 is 0 Å². The highest BCUT2D eigenvalue weighted by molar-refractivity contribution is 6.03. The molecule has 0 aliphatic carbocycles. The number of hydrazone groups is 1. The van der Waals surface area contributed by atoms with Crippen molar-refractivity contribution in [1.82, 2.24) is 5.43 Å². The van der Waals surface area contributed by atoms with Gasteiger partial charge in [0.15, 0.2) is 5.76 Å². The molecule has 0 saturated carbocycles. The van der Waals surface area contributed by atoms with Gasteiger partial charge in [0.05, 0.1) is 19.1 Å². The Morgan fingerprint density at radius 3 is 2.43 bits per heavy atom. The number of rotatable bonds is 6. The highest BCUT2D eigenvalue weighted by Crippen LogP contribution is 2.14. The van der Waals surface area contributed by atoms with E-state index in [1.54, 1.807) is 74.7 Å². The van der Waals surface area contributed by atoms with Gasteiger partial charge in [-0.25, -0.2) is 5.43 Å². The number of nitrogens with one attached hydrogen (secondary N) is 2. The molecule has 28 heavy (non-hydrogen) atoms. The number of hydrogen-bond acceptors (Lipinski definition) is 5. The third kappa shape index (κ3) is 4.64. The van der Waals surface area contributed by atoms with Crippen LogP contribution in [0.3, 0.4) is 0 Å². The molecule has 0 bridgehead atoms. The molecule has 7 heteroatoms. The van der Waals surface area contributed by atoms with Crippen molar-refractivity contribution in [3.8, 4) is 5.75 Å². The fourth-order valence-electron chi connectivity index (χ4n) is 2.42. The molecule has 3 rings (SSSR count). The highest BCUT2D eigenvalue weighted by atomic mass is 16.5. The van der Waals surface area contributed by atoms with Crippen molar-refractivity contribution in [3.05, 3.63) is 83.8 Å². The summed E-state index contributed by atoms with van der Waals surface area (Å²) in [6.45, 7) is 1.78. The molecule has 7 nitrogen and oxygen atoms in total. The Balaban J connectivity index is 1.62. The van der Waals surface area contributed by atoms with Crippen LogP contribution in [0.25, 0.3) is 0 Å². The maximum absolute atomic E-state index is 12.2. The minimum Gasteiger partial charge on any atom is -0.497 e. The van der Waals surface area contributed by atoms with Gasteiger partial charge in [0.25, 0.3) is 11.8 Å². The maximum atomic E-state index is 12.2. The highest BCUT2D eigenvalue weighted by Gasteiger charge is 2.09. The first kappa shape index (κ1) is 18.9. The lowest BCUT2D eigenvalue weighted by molar-refractivity contribution is 0.0953. The van der Waals surface area contributed by atoms with Crippen molar-refractivity contribution < 1.29 is 18.7 Å². The van der Waals surface area contributed by atoms with Crippen molar-refractivity contribution >= 4 is 23.2 Å². The van der Waals surface area contributed by atoms with Crippen LogP contribution in [0.2, 0.25) is 0 Å². The summed E-state index contributed by atoms with van der Waals surface area (Å²) in [5, 5.41) is 6.87. The largest absolute Gasteiger partial charge is 0.497 e. The molecule has 0 spiro atoms. The Bertz CT molecular complexity index is 993. The standard InChI is InChI=1S/C21H19N3O4/c1-14(23-24-20(25)16-5-3-6-18(13-16)27-2)15-8-10-17(11-9-15)22-21(26)19-7-4-12-28-19/h3-13H,1-2H3,(H,22,26)(H,24,25). The Kier molecular flexibility index (Phi) is 5.86. The third-order valence-corrected chi connectivity index (χ3v) is 3.96. The van der Waals surface area contributed by atoms with Crippen LogP contribution in [0.4, 0.5) is 5.69 Å². The second-order valence-electron chi connectivity index (χ2n) is 5.88. The van der Waals surface area contributed by atoms with Gasteiger partial charge in [0.2, 0.25) is 0 Å². The van der Waals surface area contributed by atoms with E-state index in [-0.39, 0.29) is 17.6 Å². The lowest BCUT2D eigenvalue weighted by atomic mass is 10.1. The number of hydrogen-bond donors (Lipinski definition) is 2. The molecule has 0 fully saturated rings. The van der Waals surface area contributed by atoms with Gasteiger partial charge < -0.3 is 14.5 Å². The summed E-state index contributed by atoms with van der Waals surface area (Å²) in [4.78, 5) is 24.2. The van der Waals surface area contributed by atoms with Gasteiger partial charge >= 0.3 is 0 Å². The monoisotopic (exact) mass is 377 g/mol. The smallest absolute Gasteiger partial charge is 0.291 e. The molecule has 2 N–H and O–H groups in total. The summed E-state index contributed by atoms with van der Waals surface area (Å²) in [6, 6.07) is 17.2. The van der Waals surface area contributed by atoms with Crippen LogP contribution < -0.4 is 15.5 Å². The Morgan fingerprint density at radius 2 is 1.75 bits per heavy atom. The van der Waals surface area contributed by atoms with Gasteiger partial charge in [-0.1, -0.05) is 18.2 Å². The number of methoxy groups -OCH3 is 1. The number of nitrogens with zero attached hydrogens (tertiary/aromatic N) is 1. The molecule has 0 saturated heterocycles. The van der Waals surface area contributed by atoms with Crippen LogP contribution in [-0.2, 0) is 0 Å². The molecule has 1 heterocycles. The van der Waals surface area contributed by atoms with E-state index >= 15 is 0 Å². The molecule has 142 valence electrons. The predicted molar refractivity (Wildman–Crippen MR) is 106 cm³/mol. The van der Waals surface area contributed by atoms with E-state index in [1.807, 2.05) is 0 Å². The Hall–Kier alpha value is -3.87. The predicted octanol–water partition coefficient (Wildman–Crippen LogP) is 3.69. The first-order chi connectivity index (χ1) is 13.6. The molecule has 0 radical (unpaired) electrons. The number of carbonyl (C=O) groups excluding carboxylic acids is 2. The number of anilines is 1. The molecule has 0 atom stereocenters. The molecule has 0 unspecified atom stereocenters. The van der Waals surface area contributed by atoms with Crippen LogP contribution >= 0.6 is 0 Å². The second-order valence-corrected chi connectivity index (χ2v) is 5.88. The summed E-state index contributed by atoms with van der Waals surface area (Å²) < 4.78 is 10.2. The SMILES string of the molecule is COc1cccc(C(=O)NN=C(C)c2ccc(NC(=O)c3ccco3)cc2)c1. The van der Waals surface area contributed by atoms with Gasteiger partial charge in [-0.15, -0.1) is 0 Å². The van der Waals surface area contributed by atoms with Crippen molar-refractivity contribution in [3.63, 3.8) is 0 Å². The van der Waals surface area contributed by atoms with Crippen LogP contribution in [0.5, 0.6) is 5.75 Å². The number of ether oxygens (including phenoxy) is 1. The van der Waals surface area contributed by atoms with Gasteiger partial charge in [-0.2, -0.15) is 5.10 Å². The summed E-state index contributed by atoms with van der Waals surface area (Å²) in [6.07, 6.45) is 1.44. The van der Waals surface area contributed by atoms with E-state index in [2.05, 4.69) is 15.8 Å². The lowest BCUT2D eigenvalue weighted by Gasteiger charge is -2.06. The molecule has 2 aromatic carbocycles. The Morgan fingerprint density at radius 1 is 0.964 bits per heavy atom. The summed E-state index contributed by atoms with van der Waals surface area (Å²) in [7, 11) is 1.54. The van der Waals surface area contributed by atoms with E-state index in [4.69, 9.17) is 9.15 Å². The number of benzene rings is 2. The van der Waals surface area contributed by atoms with Crippen molar-refractivity contribution in [2.24, 2.45) is 5.10 Å². The van der Waals surface area contributed by atoms with E-state index in [0.717, 1.165) is 5.56 Å². The first-order valence-electron chi connectivity index (χ1n) is 8.51. The fourth-order valence-corrected chi connectivity index (χ4v) is 2.42. The normalized spacial score (nSPS) is 11.0. The first-order valence-corrected chi connectivity index (χ1v) is 8.51. The average molecular weight is 377 g/mol. The molecule has 1 aromatic heterocycles. The van der Waals surface area contributed by atoms with Crippen LogP contribution in [-0.4, -0.2) is 24.6 Å². The minimum absolute atomic E-state index is 0.238. The van der Waals surface area contributed by atoms with Crippen molar-refractivity contribution in [2.45, 2.75) is 6.92 Å². The average Bonchev–Trinajstić information content (AvgIpc) is 3.27.